The van der Waals surface area contributed by atoms with Crippen molar-refractivity contribution >= 4 is 17.7 Å². The average molecular weight is 289 g/mol. The number of hydrogen-bond donors (Lipinski definition) is 1. The summed E-state index contributed by atoms with van der Waals surface area (Å²) in [6, 6.07) is 12.8. The Morgan fingerprint density at radius 1 is 1.20 bits per heavy atom. The number of thioether (sulfide) groups is 1. The molecule has 2 aromatic rings. The first-order valence-corrected chi connectivity index (χ1v) is 7.25. The van der Waals surface area contributed by atoms with Crippen molar-refractivity contribution < 1.29 is 14.6 Å². The van der Waals surface area contributed by atoms with Crippen molar-refractivity contribution in [1.82, 2.24) is 4.98 Å². The number of ether oxygens (including phenoxy) is 1. The van der Waals surface area contributed by atoms with E-state index in [9.17, 15) is 4.79 Å². The van der Waals surface area contributed by atoms with Crippen LogP contribution in [-0.4, -0.2) is 28.4 Å². The van der Waals surface area contributed by atoms with Crippen LogP contribution in [-0.2, 0) is 0 Å². The highest BCUT2D eigenvalue weighted by molar-refractivity contribution is 7.99. The maximum atomic E-state index is 11.0. The molecule has 1 N–H and O–H groups in total. The van der Waals surface area contributed by atoms with Crippen molar-refractivity contribution in [2.75, 3.05) is 12.4 Å². The van der Waals surface area contributed by atoms with E-state index in [-0.39, 0.29) is 5.56 Å². The van der Waals surface area contributed by atoms with E-state index in [4.69, 9.17) is 9.84 Å². The Bertz CT molecular complexity index is 560. The Labute approximate surface area is 121 Å². The summed E-state index contributed by atoms with van der Waals surface area (Å²) in [5.74, 6) is 0.673. The lowest BCUT2D eigenvalue weighted by molar-refractivity contribution is 0.0692. The number of carbonyl (C=O) groups is 1. The van der Waals surface area contributed by atoms with Crippen molar-refractivity contribution in [2.24, 2.45) is 0 Å². The number of aromatic nitrogens is 1. The van der Waals surface area contributed by atoms with E-state index in [1.165, 1.54) is 11.8 Å². The van der Waals surface area contributed by atoms with Crippen LogP contribution < -0.4 is 4.74 Å². The zero-order chi connectivity index (χ0) is 14.2. The van der Waals surface area contributed by atoms with Gasteiger partial charge in [0.1, 0.15) is 10.8 Å². The maximum Gasteiger partial charge on any atom is 0.338 e. The van der Waals surface area contributed by atoms with E-state index in [2.05, 4.69) is 4.98 Å². The average Bonchev–Trinajstić information content (AvgIpc) is 2.48. The highest BCUT2D eigenvalue weighted by Crippen LogP contribution is 2.20. The molecular weight excluding hydrogens is 274 g/mol. The SMILES string of the molecule is O=C(O)c1cccnc1SCCCOc1ccccc1. The van der Waals surface area contributed by atoms with Gasteiger partial charge in [-0.05, 0) is 30.7 Å². The molecule has 104 valence electrons. The van der Waals surface area contributed by atoms with E-state index in [0.29, 0.717) is 11.6 Å². The second kappa shape index (κ2) is 7.55. The summed E-state index contributed by atoms with van der Waals surface area (Å²) < 4.78 is 5.57. The summed E-state index contributed by atoms with van der Waals surface area (Å²) in [4.78, 5) is 15.1. The standard InChI is InChI=1S/C15H15NO3S/c17-15(18)13-8-4-9-16-14(13)20-11-5-10-19-12-6-2-1-3-7-12/h1-4,6-9H,5,10-11H2,(H,17,18). The minimum absolute atomic E-state index is 0.251. The Kier molecular flexibility index (Phi) is 5.43. The van der Waals surface area contributed by atoms with E-state index in [1.54, 1.807) is 18.3 Å². The Morgan fingerprint density at radius 3 is 2.75 bits per heavy atom. The second-order valence-corrected chi connectivity index (χ2v) is 5.11. The second-order valence-electron chi connectivity index (χ2n) is 4.02. The highest BCUT2D eigenvalue weighted by atomic mass is 32.2. The molecule has 5 heteroatoms. The minimum atomic E-state index is -0.943. The van der Waals surface area contributed by atoms with Crippen molar-refractivity contribution in [3.05, 3.63) is 54.2 Å². The lowest BCUT2D eigenvalue weighted by Crippen LogP contribution is -2.02. The van der Waals surface area contributed by atoms with Crippen LogP contribution in [0, 0.1) is 0 Å². The number of para-hydroxylation sites is 1. The van der Waals surface area contributed by atoms with E-state index < -0.39 is 5.97 Å². The zero-order valence-electron chi connectivity index (χ0n) is 10.9. The quantitative estimate of drug-likeness (QED) is 0.625. The Balaban J connectivity index is 1.75. The molecule has 0 unspecified atom stereocenters. The van der Waals surface area contributed by atoms with Gasteiger partial charge in [-0.3, -0.25) is 0 Å². The van der Waals surface area contributed by atoms with Crippen LogP contribution in [0.25, 0.3) is 0 Å². The van der Waals surface area contributed by atoms with Gasteiger partial charge >= 0.3 is 5.97 Å². The van der Waals surface area contributed by atoms with Gasteiger partial charge in [-0.2, -0.15) is 0 Å². The zero-order valence-corrected chi connectivity index (χ0v) is 11.7. The van der Waals surface area contributed by atoms with Crippen LogP contribution >= 0.6 is 11.8 Å². The van der Waals surface area contributed by atoms with E-state index >= 15 is 0 Å². The molecule has 20 heavy (non-hydrogen) atoms. The first kappa shape index (κ1) is 14.4. The summed E-state index contributed by atoms with van der Waals surface area (Å²) in [5, 5.41) is 9.59. The molecule has 0 radical (unpaired) electrons. The van der Waals surface area contributed by atoms with Crippen LogP contribution in [0.1, 0.15) is 16.8 Å². The number of rotatable bonds is 7. The third-order valence-corrected chi connectivity index (χ3v) is 3.63. The van der Waals surface area contributed by atoms with Gasteiger partial charge < -0.3 is 9.84 Å². The number of benzene rings is 1. The molecule has 0 spiro atoms. The number of hydrogen-bond acceptors (Lipinski definition) is 4. The van der Waals surface area contributed by atoms with Crippen LogP contribution in [0.3, 0.4) is 0 Å². The lowest BCUT2D eigenvalue weighted by atomic mass is 10.3. The van der Waals surface area contributed by atoms with E-state index in [0.717, 1.165) is 17.9 Å². The molecule has 2 rings (SSSR count). The molecule has 0 atom stereocenters. The predicted octanol–water partition coefficient (Wildman–Crippen LogP) is 3.34. The van der Waals surface area contributed by atoms with Gasteiger partial charge in [0.15, 0.2) is 0 Å². The number of carboxylic acids is 1. The number of pyridine rings is 1. The van der Waals surface area contributed by atoms with Crippen LogP contribution in [0.4, 0.5) is 0 Å². The Morgan fingerprint density at radius 2 is 2.00 bits per heavy atom. The first-order valence-electron chi connectivity index (χ1n) is 6.26. The smallest absolute Gasteiger partial charge is 0.338 e. The molecule has 0 amide bonds. The monoisotopic (exact) mass is 289 g/mol. The summed E-state index contributed by atoms with van der Waals surface area (Å²) in [5.41, 5.74) is 0.251. The molecule has 0 fully saturated rings. The molecular formula is C15H15NO3S. The first-order chi connectivity index (χ1) is 9.77. The van der Waals surface area contributed by atoms with Crippen molar-refractivity contribution in [2.45, 2.75) is 11.4 Å². The molecule has 0 saturated heterocycles. The molecule has 0 aliphatic rings. The van der Waals surface area contributed by atoms with Gasteiger partial charge in [0, 0.05) is 11.9 Å². The van der Waals surface area contributed by atoms with Crippen LogP contribution in [0.2, 0.25) is 0 Å². The topological polar surface area (TPSA) is 59.4 Å². The van der Waals surface area contributed by atoms with Crippen molar-refractivity contribution in [3.63, 3.8) is 0 Å². The third-order valence-electron chi connectivity index (χ3n) is 2.54. The number of carboxylic acid groups (broad SMARTS) is 1. The predicted molar refractivity (Wildman–Crippen MR) is 78.5 cm³/mol. The minimum Gasteiger partial charge on any atom is -0.494 e. The molecule has 0 bridgehead atoms. The summed E-state index contributed by atoms with van der Waals surface area (Å²) in [7, 11) is 0. The van der Waals surface area contributed by atoms with Gasteiger partial charge in [0.2, 0.25) is 0 Å². The lowest BCUT2D eigenvalue weighted by Gasteiger charge is -2.06. The Hall–Kier alpha value is -2.01. The summed E-state index contributed by atoms with van der Waals surface area (Å²) >= 11 is 1.44. The maximum absolute atomic E-state index is 11.0. The third kappa shape index (κ3) is 4.28. The highest BCUT2D eigenvalue weighted by Gasteiger charge is 2.10. The van der Waals surface area contributed by atoms with Crippen LogP contribution in [0.15, 0.2) is 53.7 Å². The van der Waals surface area contributed by atoms with Crippen molar-refractivity contribution in [3.8, 4) is 5.75 Å². The molecule has 1 aromatic carbocycles. The van der Waals surface area contributed by atoms with Crippen LogP contribution in [0.5, 0.6) is 5.75 Å². The number of aromatic carboxylic acids is 1. The van der Waals surface area contributed by atoms with Gasteiger partial charge in [-0.15, -0.1) is 11.8 Å². The fraction of sp³-hybridized carbons (Fsp3) is 0.200. The molecule has 0 aliphatic heterocycles. The molecule has 0 saturated carbocycles. The fourth-order valence-corrected chi connectivity index (χ4v) is 2.50. The fourth-order valence-electron chi connectivity index (χ4n) is 1.60. The number of nitrogens with zero attached hydrogens (tertiary/aromatic N) is 1. The largest absolute Gasteiger partial charge is 0.494 e. The molecule has 0 aliphatic carbocycles. The van der Waals surface area contributed by atoms with Gasteiger partial charge in [-0.25, -0.2) is 9.78 Å². The van der Waals surface area contributed by atoms with Gasteiger partial charge in [-0.1, -0.05) is 18.2 Å². The normalized spacial score (nSPS) is 10.2. The van der Waals surface area contributed by atoms with Gasteiger partial charge in [0.05, 0.1) is 12.2 Å². The summed E-state index contributed by atoms with van der Waals surface area (Å²) in [6.07, 6.45) is 2.43. The molecule has 4 nitrogen and oxygen atoms in total. The van der Waals surface area contributed by atoms with Crippen molar-refractivity contribution in [1.29, 1.82) is 0 Å². The van der Waals surface area contributed by atoms with Gasteiger partial charge in [0.25, 0.3) is 0 Å². The molecule has 1 heterocycles. The molecule has 1 aromatic heterocycles. The summed E-state index contributed by atoms with van der Waals surface area (Å²) in [6.45, 7) is 0.603. The van der Waals surface area contributed by atoms with E-state index in [1.807, 2.05) is 30.3 Å².